The summed E-state index contributed by atoms with van der Waals surface area (Å²) in [6.45, 7) is 1.36. The van der Waals surface area contributed by atoms with E-state index in [2.05, 4.69) is 9.97 Å². The predicted molar refractivity (Wildman–Crippen MR) is 70.9 cm³/mol. The van der Waals surface area contributed by atoms with E-state index in [9.17, 15) is 4.79 Å². The zero-order valence-corrected chi connectivity index (χ0v) is 11.6. The monoisotopic (exact) mass is 291 g/mol. The van der Waals surface area contributed by atoms with Crippen LogP contribution < -0.4 is 0 Å². The summed E-state index contributed by atoms with van der Waals surface area (Å²) in [7, 11) is 0. The van der Waals surface area contributed by atoms with Crippen LogP contribution in [0.25, 0.3) is 0 Å². The van der Waals surface area contributed by atoms with E-state index in [1.54, 1.807) is 4.90 Å². The van der Waals surface area contributed by atoms with Crippen molar-refractivity contribution in [2.45, 2.75) is 38.5 Å². The summed E-state index contributed by atoms with van der Waals surface area (Å²) in [5.41, 5.74) is 1.39. The van der Waals surface area contributed by atoms with Gasteiger partial charge < -0.3 is 18.5 Å². The van der Waals surface area contributed by atoms with Gasteiger partial charge in [0.05, 0.1) is 24.5 Å². The lowest BCUT2D eigenvalue weighted by Crippen LogP contribution is -2.41. The first-order valence-corrected chi connectivity index (χ1v) is 6.97. The van der Waals surface area contributed by atoms with Gasteiger partial charge in [0.15, 0.2) is 12.8 Å². The third-order valence-corrected chi connectivity index (χ3v) is 3.44. The average molecular weight is 291 g/mol. The molecule has 0 bridgehead atoms. The van der Waals surface area contributed by atoms with Gasteiger partial charge in [0.1, 0.15) is 18.6 Å². The minimum Gasteiger partial charge on any atom is -0.451 e. The fourth-order valence-corrected chi connectivity index (χ4v) is 2.37. The molecule has 1 atom stereocenters. The van der Waals surface area contributed by atoms with Crippen molar-refractivity contribution < 1.29 is 18.4 Å². The van der Waals surface area contributed by atoms with Crippen LogP contribution in [0.1, 0.15) is 30.7 Å². The average Bonchev–Trinajstić information content (AvgIpc) is 3.20. The number of nitrogens with zero attached hydrogens (tertiary/aromatic N) is 3. The van der Waals surface area contributed by atoms with Crippen LogP contribution in [-0.4, -0.2) is 33.5 Å². The first-order valence-electron chi connectivity index (χ1n) is 6.97. The van der Waals surface area contributed by atoms with Gasteiger partial charge in [0, 0.05) is 6.61 Å². The summed E-state index contributed by atoms with van der Waals surface area (Å²) in [6.07, 6.45) is 8.17. The molecule has 0 saturated carbocycles. The van der Waals surface area contributed by atoms with E-state index < -0.39 is 0 Å². The lowest BCUT2D eigenvalue weighted by atomic mass is 10.1. The van der Waals surface area contributed by atoms with Crippen LogP contribution in [0.15, 0.2) is 34.1 Å². The molecule has 0 radical (unpaired) electrons. The van der Waals surface area contributed by atoms with E-state index >= 15 is 0 Å². The van der Waals surface area contributed by atoms with Crippen LogP contribution in [0, 0.1) is 0 Å². The summed E-state index contributed by atoms with van der Waals surface area (Å²) in [5, 5.41) is 0. The van der Waals surface area contributed by atoms with E-state index in [1.807, 2.05) is 0 Å². The fraction of sp³-hybridized carbons (Fsp3) is 0.500. The first-order chi connectivity index (χ1) is 10.3. The van der Waals surface area contributed by atoms with Gasteiger partial charge in [-0.05, 0) is 19.3 Å². The zero-order chi connectivity index (χ0) is 14.5. The van der Waals surface area contributed by atoms with Crippen LogP contribution in [0.4, 0.5) is 0 Å². The van der Waals surface area contributed by atoms with Crippen LogP contribution >= 0.6 is 0 Å². The lowest BCUT2D eigenvalue weighted by molar-refractivity contribution is -0.148. The molecule has 0 N–H and O–H groups in total. The molecule has 0 aliphatic carbocycles. The van der Waals surface area contributed by atoms with Crippen molar-refractivity contribution in [2.75, 3.05) is 6.61 Å². The SMILES string of the molecule is O=C([C@H]1CCCCO1)N(Cc1cocn1)Cc1cocn1. The van der Waals surface area contributed by atoms with E-state index in [4.69, 9.17) is 13.6 Å². The Morgan fingerprint density at radius 3 is 2.29 bits per heavy atom. The van der Waals surface area contributed by atoms with Gasteiger partial charge in [-0.15, -0.1) is 0 Å². The molecular formula is C14H17N3O4. The van der Waals surface area contributed by atoms with Gasteiger partial charge in [-0.3, -0.25) is 4.79 Å². The highest BCUT2D eigenvalue weighted by Crippen LogP contribution is 2.18. The predicted octanol–water partition coefficient (Wildman–Crippen LogP) is 1.76. The normalized spacial score (nSPS) is 18.6. The maximum atomic E-state index is 12.6. The molecule has 0 aromatic carbocycles. The molecule has 1 saturated heterocycles. The largest absolute Gasteiger partial charge is 0.451 e. The minimum absolute atomic E-state index is 0.0410. The van der Waals surface area contributed by atoms with E-state index in [0.29, 0.717) is 31.1 Å². The van der Waals surface area contributed by atoms with Crippen molar-refractivity contribution in [2.24, 2.45) is 0 Å². The van der Waals surface area contributed by atoms with Crippen LogP contribution in [-0.2, 0) is 22.6 Å². The molecule has 21 heavy (non-hydrogen) atoms. The Bertz CT molecular complexity index is 511. The number of ether oxygens (including phenoxy) is 1. The highest BCUT2D eigenvalue weighted by Gasteiger charge is 2.28. The van der Waals surface area contributed by atoms with Gasteiger partial charge in [-0.1, -0.05) is 0 Å². The molecule has 2 aromatic heterocycles. The molecule has 1 aliphatic rings. The van der Waals surface area contributed by atoms with E-state index in [-0.39, 0.29) is 12.0 Å². The summed E-state index contributed by atoms with van der Waals surface area (Å²) >= 11 is 0. The highest BCUT2D eigenvalue weighted by molar-refractivity contribution is 5.81. The van der Waals surface area contributed by atoms with Crippen LogP contribution in [0.3, 0.4) is 0 Å². The Kier molecular flexibility index (Phi) is 4.30. The minimum atomic E-state index is -0.377. The van der Waals surface area contributed by atoms with Crippen molar-refractivity contribution in [1.82, 2.24) is 14.9 Å². The Balaban J connectivity index is 1.72. The number of hydrogen-bond donors (Lipinski definition) is 0. The van der Waals surface area contributed by atoms with Gasteiger partial charge in [-0.2, -0.15) is 0 Å². The number of hydrogen-bond acceptors (Lipinski definition) is 6. The Morgan fingerprint density at radius 2 is 1.81 bits per heavy atom. The second kappa shape index (κ2) is 6.53. The maximum absolute atomic E-state index is 12.6. The highest BCUT2D eigenvalue weighted by atomic mass is 16.5. The van der Waals surface area contributed by atoms with E-state index in [1.165, 1.54) is 25.3 Å². The van der Waals surface area contributed by atoms with Gasteiger partial charge in [0.2, 0.25) is 0 Å². The third-order valence-electron chi connectivity index (χ3n) is 3.44. The standard InChI is InChI=1S/C14H17N3O4/c18-14(13-3-1-2-4-21-13)17(5-11-7-19-9-15-11)6-12-8-20-10-16-12/h7-10,13H,1-6H2/t13-/m1/s1. The topological polar surface area (TPSA) is 81.6 Å². The molecular weight excluding hydrogens is 274 g/mol. The Hall–Kier alpha value is -2.15. The van der Waals surface area contributed by atoms with Crippen molar-refractivity contribution in [3.8, 4) is 0 Å². The molecule has 1 amide bonds. The third kappa shape index (κ3) is 3.49. The molecule has 112 valence electrons. The lowest BCUT2D eigenvalue weighted by Gasteiger charge is -2.28. The van der Waals surface area contributed by atoms with Crippen LogP contribution in [0.2, 0.25) is 0 Å². The molecule has 3 heterocycles. The number of amides is 1. The second-order valence-corrected chi connectivity index (χ2v) is 5.01. The zero-order valence-electron chi connectivity index (χ0n) is 11.6. The quantitative estimate of drug-likeness (QED) is 0.835. The smallest absolute Gasteiger partial charge is 0.252 e. The molecule has 2 aromatic rings. The maximum Gasteiger partial charge on any atom is 0.252 e. The summed E-state index contributed by atoms with van der Waals surface area (Å²) in [5.74, 6) is -0.0410. The van der Waals surface area contributed by atoms with Crippen molar-refractivity contribution in [3.05, 3.63) is 36.7 Å². The van der Waals surface area contributed by atoms with Crippen molar-refractivity contribution in [3.63, 3.8) is 0 Å². The van der Waals surface area contributed by atoms with Gasteiger partial charge in [-0.25, -0.2) is 9.97 Å². The van der Waals surface area contributed by atoms with Gasteiger partial charge in [0.25, 0.3) is 5.91 Å². The molecule has 1 aliphatic heterocycles. The Labute approximate surface area is 121 Å². The van der Waals surface area contributed by atoms with Crippen molar-refractivity contribution in [1.29, 1.82) is 0 Å². The molecule has 0 spiro atoms. The van der Waals surface area contributed by atoms with Crippen molar-refractivity contribution >= 4 is 5.91 Å². The summed E-state index contributed by atoms with van der Waals surface area (Å²) in [6, 6.07) is 0. The molecule has 0 unspecified atom stereocenters. The number of carbonyl (C=O) groups excluding carboxylic acids is 1. The van der Waals surface area contributed by atoms with Crippen LogP contribution in [0.5, 0.6) is 0 Å². The molecule has 7 heteroatoms. The number of rotatable bonds is 5. The number of carbonyl (C=O) groups is 1. The first kappa shape index (κ1) is 13.8. The number of oxazole rings is 2. The summed E-state index contributed by atoms with van der Waals surface area (Å²) in [4.78, 5) is 22.4. The fourth-order valence-electron chi connectivity index (χ4n) is 2.37. The molecule has 7 nitrogen and oxygen atoms in total. The van der Waals surface area contributed by atoms with Gasteiger partial charge >= 0.3 is 0 Å². The van der Waals surface area contributed by atoms with E-state index in [0.717, 1.165) is 19.3 Å². The molecule has 1 fully saturated rings. The molecule has 3 rings (SSSR count). The second-order valence-electron chi connectivity index (χ2n) is 5.01. The summed E-state index contributed by atoms with van der Waals surface area (Å²) < 4.78 is 15.5. The number of aromatic nitrogens is 2. The Morgan fingerprint density at radius 1 is 1.14 bits per heavy atom.